The van der Waals surface area contributed by atoms with E-state index in [9.17, 15) is 0 Å². The van der Waals surface area contributed by atoms with E-state index >= 15 is 0 Å². The van der Waals surface area contributed by atoms with Gasteiger partial charge in [-0.3, -0.25) is 10.00 Å². The van der Waals surface area contributed by atoms with Gasteiger partial charge in [-0.1, -0.05) is 48.9 Å². The Hall–Kier alpha value is -3.02. The molecular weight excluding hydrogens is 424 g/mol. The Morgan fingerprint density at radius 1 is 1.03 bits per heavy atom. The van der Waals surface area contributed by atoms with Crippen LogP contribution in [0.2, 0.25) is 0 Å². The number of fused-ring (bicyclic) bond motifs is 3. The molecule has 0 bridgehead atoms. The Kier molecular flexibility index (Phi) is 5.24. The van der Waals surface area contributed by atoms with E-state index in [0.717, 1.165) is 35.5 Å². The zero-order valence-electron chi connectivity index (χ0n) is 18.9. The number of piperidine rings is 1. The van der Waals surface area contributed by atoms with E-state index in [-0.39, 0.29) is 0 Å². The number of rotatable bonds is 5. The molecule has 1 aliphatic carbocycles. The third-order valence-electron chi connectivity index (χ3n) is 7.04. The maximum absolute atomic E-state index is 7.41. The SMILES string of the molecule is Cc1cc(CN2CCCCC2)ccc1-c1cc2c(s1)Cc1c(-c3ccc(C=N)cc3)n[nH]c1-2. The molecule has 2 N–H and O–H groups in total. The smallest absolute Gasteiger partial charge is 0.0962 e. The summed E-state index contributed by atoms with van der Waals surface area (Å²) in [6.07, 6.45) is 6.36. The first-order chi connectivity index (χ1) is 16.2. The van der Waals surface area contributed by atoms with Crippen LogP contribution in [-0.4, -0.2) is 34.4 Å². The molecule has 6 rings (SSSR count). The van der Waals surface area contributed by atoms with Gasteiger partial charge in [0, 0.05) is 45.6 Å². The number of H-pyrrole nitrogens is 1. The number of thiophene rings is 1. The molecule has 1 aliphatic heterocycles. The molecule has 0 saturated carbocycles. The van der Waals surface area contributed by atoms with Gasteiger partial charge in [0.15, 0.2) is 0 Å². The van der Waals surface area contributed by atoms with Crippen molar-refractivity contribution >= 4 is 17.6 Å². The van der Waals surface area contributed by atoms with Gasteiger partial charge in [0.25, 0.3) is 0 Å². The molecule has 3 heterocycles. The normalized spacial score (nSPS) is 15.4. The summed E-state index contributed by atoms with van der Waals surface area (Å²) in [7, 11) is 0. The number of benzene rings is 2. The number of aromatic nitrogens is 2. The summed E-state index contributed by atoms with van der Waals surface area (Å²) in [6.45, 7) is 5.79. The fourth-order valence-electron chi connectivity index (χ4n) is 5.28. The lowest BCUT2D eigenvalue weighted by atomic mass is 10.0. The minimum atomic E-state index is 0.909. The highest BCUT2D eigenvalue weighted by Gasteiger charge is 2.28. The molecule has 0 amide bonds. The summed E-state index contributed by atoms with van der Waals surface area (Å²) in [5.74, 6) is 0. The van der Waals surface area contributed by atoms with Crippen molar-refractivity contribution in [3.63, 3.8) is 0 Å². The van der Waals surface area contributed by atoms with Gasteiger partial charge in [-0.2, -0.15) is 5.10 Å². The molecule has 4 nitrogen and oxygen atoms in total. The number of likely N-dealkylation sites (tertiary alicyclic amines) is 1. The van der Waals surface area contributed by atoms with Crippen LogP contribution >= 0.6 is 11.3 Å². The van der Waals surface area contributed by atoms with E-state index < -0.39 is 0 Å². The summed E-state index contributed by atoms with van der Waals surface area (Å²) in [6, 6.07) is 17.4. The maximum atomic E-state index is 7.41. The van der Waals surface area contributed by atoms with Crippen LogP contribution in [0.1, 0.15) is 46.4 Å². The van der Waals surface area contributed by atoms with Crippen molar-refractivity contribution in [2.45, 2.75) is 39.2 Å². The third kappa shape index (κ3) is 3.75. The van der Waals surface area contributed by atoms with E-state index in [0.29, 0.717) is 0 Å². The van der Waals surface area contributed by atoms with Gasteiger partial charge in [-0.15, -0.1) is 11.3 Å². The molecule has 2 aliphatic rings. The Morgan fingerprint density at radius 3 is 2.61 bits per heavy atom. The van der Waals surface area contributed by atoms with Crippen LogP contribution in [0.4, 0.5) is 0 Å². The summed E-state index contributed by atoms with van der Waals surface area (Å²) in [4.78, 5) is 5.36. The van der Waals surface area contributed by atoms with Gasteiger partial charge >= 0.3 is 0 Å². The second-order valence-electron chi connectivity index (χ2n) is 9.30. The number of nitrogens with one attached hydrogen (secondary N) is 2. The lowest BCUT2D eigenvalue weighted by molar-refractivity contribution is 0.221. The van der Waals surface area contributed by atoms with Crippen molar-refractivity contribution < 1.29 is 0 Å². The second-order valence-corrected chi connectivity index (χ2v) is 10.4. The molecule has 5 heteroatoms. The number of hydrogen-bond donors (Lipinski definition) is 2. The molecule has 1 fully saturated rings. The van der Waals surface area contributed by atoms with Crippen molar-refractivity contribution in [3.8, 4) is 33.0 Å². The fourth-order valence-corrected chi connectivity index (χ4v) is 6.55. The number of nitrogens with zero attached hydrogens (tertiary/aromatic N) is 2. The molecule has 2 aromatic carbocycles. The lowest BCUT2D eigenvalue weighted by Gasteiger charge is -2.26. The van der Waals surface area contributed by atoms with Crippen LogP contribution in [-0.2, 0) is 13.0 Å². The topological polar surface area (TPSA) is 55.8 Å². The first-order valence-electron chi connectivity index (χ1n) is 11.8. The molecule has 1 saturated heterocycles. The fraction of sp³-hybridized carbons (Fsp3) is 0.286. The van der Waals surface area contributed by atoms with Gasteiger partial charge in [0.1, 0.15) is 0 Å². The number of aryl methyl sites for hydroxylation is 1. The van der Waals surface area contributed by atoms with Crippen LogP contribution in [0, 0.1) is 12.3 Å². The monoisotopic (exact) mass is 452 g/mol. The Bertz CT molecular complexity index is 1320. The Labute approximate surface area is 198 Å². The molecule has 33 heavy (non-hydrogen) atoms. The van der Waals surface area contributed by atoms with E-state index in [1.165, 1.54) is 76.1 Å². The van der Waals surface area contributed by atoms with E-state index in [1.54, 1.807) is 0 Å². The van der Waals surface area contributed by atoms with Crippen LogP contribution in [0.25, 0.3) is 33.0 Å². The quantitative estimate of drug-likeness (QED) is 0.293. The third-order valence-corrected chi connectivity index (χ3v) is 8.21. The van der Waals surface area contributed by atoms with E-state index in [2.05, 4.69) is 58.4 Å². The minimum Gasteiger partial charge on any atom is -0.308 e. The molecule has 0 spiro atoms. The second kappa shape index (κ2) is 8.40. The van der Waals surface area contributed by atoms with Gasteiger partial charge < -0.3 is 5.41 Å². The zero-order valence-corrected chi connectivity index (χ0v) is 19.8. The number of hydrogen-bond acceptors (Lipinski definition) is 4. The summed E-state index contributed by atoms with van der Waals surface area (Å²) in [5, 5.41) is 15.4. The maximum Gasteiger partial charge on any atom is 0.0962 e. The molecule has 0 unspecified atom stereocenters. The Morgan fingerprint density at radius 2 is 1.85 bits per heavy atom. The predicted octanol–water partition coefficient (Wildman–Crippen LogP) is 6.67. The number of aromatic amines is 1. The van der Waals surface area contributed by atoms with Crippen molar-refractivity contribution in [2.24, 2.45) is 0 Å². The van der Waals surface area contributed by atoms with Crippen LogP contribution in [0.3, 0.4) is 0 Å². The van der Waals surface area contributed by atoms with Crippen molar-refractivity contribution in [1.29, 1.82) is 5.41 Å². The first-order valence-corrected chi connectivity index (χ1v) is 12.6. The molecule has 2 aromatic heterocycles. The standard InChI is InChI=1S/C28H28N4S/c1-18-13-20(17-32-11-3-2-4-12-32)7-10-22(18)25-14-23-26(33-25)15-24-27(30-31-28(23)24)21-8-5-19(16-29)6-9-21/h5-10,13-14,16,29H,2-4,11-12,15,17H2,1H3,(H,30,31). The Balaban J connectivity index is 1.26. The summed E-state index contributed by atoms with van der Waals surface area (Å²) < 4.78 is 0. The lowest BCUT2D eigenvalue weighted by Crippen LogP contribution is -2.29. The average molecular weight is 453 g/mol. The van der Waals surface area contributed by atoms with Gasteiger partial charge in [0.2, 0.25) is 0 Å². The molecule has 4 aromatic rings. The molecular formula is C28H28N4S. The highest BCUT2D eigenvalue weighted by molar-refractivity contribution is 7.16. The van der Waals surface area contributed by atoms with Gasteiger partial charge in [-0.25, -0.2) is 0 Å². The van der Waals surface area contributed by atoms with Crippen molar-refractivity contribution in [2.75, 3.05) is 13.1 Å². The van der Waals surface area contributed by atoms with Crippen molar-refractivity contribution in [3.05, 3.63) is 75.7 Å². The van der Waals surface area contributed by atoms with Gasteiger partial charge in [-0.05, 0) is 61.2 Å². The minimum absolute atomic E-state index is 0.909. The zero-order chi connectivity index (χ0) is 22.4. The summed E-state index contributed by atoms with van der Waals surface area (Å²) >= 11 is 1.91. The van der Waals surface area contributed by atoms with Crippen LogP contribution in [0.5, 0.6) is 0 Å². The summed E-state index contributed by atoms with van der Waals surface area (Å²) in [5.41, 5.74) is 10.9. The van der Waals surface area contributed by atoms with E-state index in [4.69, 9.17) is 5.41 Å². The molecule has 166 valence electrons. The first kappa shape index (κ1) is 20.6. The molecule has 0 atom stereocenters. The average Bonchev–Trinajstić information content (AvgIpc) is 3.51. The largest absolute Gasteiger partial charge is 0.308 e. The highest BCUT2D eigenvalue weighted by atomic mass is 32.1. The van der Waals surface area contributed by atoms with Gasteiger partial charge in [0.05, 0.1) is 11.4 Å². The van der Waals surface area contributed by atoms with Crippen LogP contribution in [0.15, 0.2) is 48.5 Å². The van der Waals surface area contributed by atoms with Crippen molar-refractivity contribution in [1.82, 2.24) is 15.1 Å². The van der Waals surface area contributed by atoms with Crippen LogP contribution < -0.4 is 0 Å². The predicted molar refractivity (Wildman–Crippen MR) is 137 cm³/mol. The van der Waals surface area contributed by atoms with E-state index in [1.807, 2.05) is 23.5 Å². The highest BCUT2D eigenvalue weighted by Crippen LogP contribution is 2.47. The molecule has 0 radical (unpaired) electrons.